The fourth-order valence-electron chi connectivity index (χ4n) is 1.35. The van der Waals surface area contributed by atoms with Gasteiger partial charge in [0.15, 0.2) is 0 Å². The van der Waals surface area contributed by atoms with E-state index in [-0.39, 0.29) is 21.6 Å². The minimum Gasteiger partial charge on any atom is -0.345 e. The molecule has 1 rings (SSSR count). The molecule has 0 fully saturated rings. The molecule has 1 atom stereocenters. The molecule has 8 heteroatoms. The quantitative estimate of drug-likeness (QED) is 0.734. The van der Waals surface area contributed by atoms with E-state index in [2.05, 4.69) is 5.32 Å². The van der Waals surface area contributed by atoms with Crippen LogP contribution in [0.25, 0.3) is 0 Å². The van der Waals surface area contributed by atoms with Gasteiger partial charge in [-0.3, -0.25) is 4.79 Å². The Morgan fingerprint density at radius 1 is 1.53 bits per heavy atom. The highest BCUT2D eigenvalue weighted by Gasteiger charge is 2.29. The molecule has 0 aromatic carbocycles. The van der Waals surface area contributed by atoms with E-state index in [1.165, 1.54) is 11.4 Å². The third-order valence-electron chi connectivity index (χ3n) is 3.22. The van der Waals surface area contributed by atoms with Crippen LogP contribution in [-0.2, 0) is 10.0 Å². The molecule has 6 nitrogen and oxygen atoms in total. The smallest absolute Gasteiger partial charge is 0.252 e. The van der Waals surface area contributed by atoms with Gasteiger partial charge < -0.3 is 11.1 Å². The van der Waals surface area contributed by atoms with E-state index in [1.54, 1.807) is 0 Å². The monoisotopic (exact) mass is 305 g/mol. The molecule has 0 bridgehead atoms. The molecule has 0 spiro atoms. The molecule has 0 aliphatic rings. The average molecular weight is 305 g/mol. The van der Waals surface area contributed by atoms with Crippen molar-refractivity contribution in [3.63, 3.8) is 0 Å². The molecule has 0 saturated carbocycles. The Kier molecular flexibility index (Phi) is 4.72. The summed E-state index contributed by atoms with van der Waals surface area (Å²) in [5.41, 5.74) is 5.41. The summed E-state index contributed by atoms with van der Waals surface area (Å²) < 4.78 is 22.3. The maximum absolute atomic E-state index is 12.1. The van der Waals surface area contributed by atoms with Gasteiger partial charge in [-0.1, -0.05) is 13.8 Å². The Morgan fingerprint density at radius 3 is 2.47 bits per heavy atom. The van der Waals surface area contributed by atoms with Gasteiger partial charge in [0, 0.05) is 11.9 Å². The van der Waals surface area contributed by atoms with E-state index in [0.717, 1.165) is 11.3 Å². The zero-order chi connectivity index (χ0) is 14.8. The van der Waals surface area contributed by atoms with E-state index < -0.39 is 15.6 Å². The fraction of sp³-hybridized carbons (Fsp3) is 0.545. The fourth-order valence-corrected chi connectivity index (χ4v) is 2.93. The highest BCUT2D eigenvalue weighted by molar-refractivity contribution is 7.91. The molecular weight excluding hydrogens is 286 g/mol. The Hall–Kier alpha value is -0.960. The maximum atomic E-state index is 12.1. The van der Waals surface area contributed by atoms with Gasteiger partial charge in [0.25, 0.3) is 5.91 Å². The lowest BCUT2D eigenvalue weighted by Crippen LogP contribution is -2.54. The van der Waals surface area contributed by atoms with Crippen molar-refractivity contribution in [3.8, 4) is 0 Å². The molecule has 1 aromatic rings. The first-order valence-electron chi connectivity index (χ1n) is 5.74. The minimum atomic E-state index is -3.77. The van der Waals surface area contributed by atoms with Crippen LogP contribution in [-0.4, -0.2) is 26.4 Å². The van der Waals surface area contributed by atoms with E-state index in [4.69, 9.17) is 10.9 Å². The summed E-state index contributed by atoms with van der Waals surface area (Å²) in [4.78, 5) is 12.1. The Balaban J connectivity index is 2.94. The van der Waals surface area contributed by atoms with Gasteiger partial charge in [0.05, 0.1) is 11.1 Å². The molecule has 0 saturated heterocycles. The zero-order valence-electron chi connectivity index (χ0n) is 11.1. The van der Waals surface area contributed by atoms with Crippen LogP contribution in [0.1, 0.15) is 31.1 Å². The van der Waals surface area contributed by atoms with Gasteiger partial charge in [-0.2, -0.15) is 0 Å². The maximum Gasteiger partial charge on any atom is 0.252 e. The standard InChI is InChI=1S/C11H19N3O3S2/c1-7(2)11(3,6-12)14-10(15)8-4-9(18-5-8)19(13,16)17/h4-5,7H,6,12H2,1-3H3,(H,14,15)(H2,13,16,17). The SMILES string of the molecule is CC(C)C(C)(CN)NC(=O)c1csc(S(N)(=O)=O)c1. The number of carbonyl (C=O) groups excluding carboxylic acids is 1. The molecule has 1 amide bonds. The number of sulfonamides is 1. The van der Waals surface area contributed by atoms with Crippen LogP contribution >= 0.6 is 11.3 Å². The van der Waals surface area contributed by atoms with Crippen LogP contribution in [0.2, 0.25) is 0 Å². The number of primary sulfonamides is 1. The molecule has 1 heterocycles. The van der Waals surface area contributed by atoms with Gasteiger partial charge in [-0.25, -0.2) is 13.6 Å². The summed E-state index contributed by atoms with van der Waals surface area (Å²) in [6.45, 7) is 6.05. The lowest BCUT2D eigenvalue weighted by atomic mass is 9.88. The predicted molar refractivity (Wildman–Crippen MR) is 75.5 cm³/mol. The summed E-state index contributed by atoms with van der Waals surface area (Å²) in [5.74, 6) is -0.203. The summed E-state index contributed by atoms with van der Waals surface area (Å²) >= 11 is 0.922. The van der Waals surface area contributed by atoms with Crippen molar-refractivity contribution < 1.29 is 13.2 Å². The number of thiophene rings is 1. The third kappa shape index (κ3) is 3.75. The number of hydrogen-bond acceptors (Lipinski definition) is 5. The first-order chi connectivity index (χ1) is 8.60. The van der Waals surface area contributed by atoms with Crippen LogP contribution < -0.4 is 16.2 Å². The van der Waals surface area contributed by atoms with Gasteiger partial charge in [0.1, 0.15) is 4.21 Å². The van der Waals surface area contributed by atoms with Crippen LogP contribution in [0, 0.1) is 5.92 Å². The van der Waals surface area contributed by atoms with Crippen LogP contribution in [0.5, 0.6) is 0 Å². The summed E-state index contributed by atoms with van der Waals surface area (Å²) in [6, 6.07) is 1.27. The summed E-state index contributed by atoms with van der Waals surface area (Å²) in [7, 11) is -3.77. The Morgan fingerprint density at radius 2 is 2.11 bits per heavy atom. The Labute approximate surface area is 117 Å². The van der Waals surface area contributed by atoms with Crippen molar-refractivity contribution in [1.29, 1.82) is 0 Å². The molecule has 1 aromatic heterocycles. The second kappa shape index (κ2) is 5.58. The number of hydrogen-bond donors (Lipinski definition) is 3. The molecule has 1 unspecified atom stereocenters. The number of carbonyl (C=O) groups is 1. The van der Waals surface area contributed by atoms with Gasteiger partial charge in [-0.05, 0) is 18.9 Å². The second-order valence-electron chi connectivity index (χ2n) is 4.93. The lowest BCUT2D eigenvalue weighted by molar-refractivity contribution is 0.0883. The lowest BCUT2D eigenvalue weighted by Gasteiger charge is -2.33. The van der Waals surface area contributed by atoms with Crippen molar-refractivity contribution in [1.82, 2.24) is 5.32 Å². The van der Waals surface area contributed by atoms with Crippen molar-refractivity contribution in [2.24, 2.45) is 16.8 Å². The molecule has 0 aliphatic heterocycles. The van der Waals surface area contributed by atoms with Crippen molar-refractivity contribution >= 4 is 27.3 Å². The normalized spacial score (nSPS) is 15.3. The highest BCUT2D eigenvalue weighted by Crippen LogP contribution is 2.21. The van der Waals surface area contributed by atoms with Crippen molar-refractivity contribution in [3.05, 3.63) is 17.0 Å². The molecule has 5 N–H and O–H groups in total. The molecule has 0 aliphatic carbocycles. The number of nitrogens with two attached hydrogens (primary N) is 2. The average Bonchev–Trinajstić information content (AvgIpc) is 2.77. The van der Waals surface area contributed by atoms with Crippen LogP contribution in [0.4, 0.5) is 0 Å². The topological polar surface area (TPSA) is 115 Å². The van der Waals surface area contributed by atoms with Crippen molar-refractivity contribution in [2.75, 3.05) is 6.54 Å². The van der Waals surface area contributed by atoms with Gasteiger partial charge >= 0.3 is 0 Å². The van der Waals surface area contributed by atoms with E-state index >= 15 is 0 Å². The molecular formula is C11H19N3O3S2. The number of nitrogens with one attached hydrogen (secondary N) is 1. The summed E-state index contributed by atoms with van der Waals surface area (Å²) in [6.07, 6.45) is 0. The highest BCUT2D eigenvalue weighted by atomic mass is 32.2. The van der Waals surface area contributed by atoms with E-state index in [1.807, 2.05) is 20.8 Å². The number of amides is 1. The first-order valence-corrected chi connectivity index (χ1v) is 8.16. The molecule has 0 radical (unpaired) electrons. The molecule has 108 valence electrons. The van der Waals surface area contributed by atoms with Crippen LogP contribution in [0.15, 0.2) is 15.7 Å². The van der Waals surface area contributed by atoms with Crippen molar-refractivity contribution in [2.45, 2.75) is 30.5 Å². The molecule has 19 heavy (non-hydrogen) atoms. The van der Waals surface area contributed by atoms with E-state index in [9.17, 15) is 13.2 Å². The van der Waals surface area contributed by atoms with E-state index in [0.29, 0.717) is 6.54 Å². The third-order valence-corrected chi connectivity index (χ3v) is 5.60. The Bertz CT molecular complexity index is 565. The largest absolute Gasteiger partial charge is 0.345 e. The minimum absolute atomic E-state index is 0.0309. The van der Waals surface area contributed by atoms with Gasteiger partial charge in [-0.15, -0.1) is 11.3 Å². The summed E-state index contributed by atoms with van der Waals surface area (Å²) in [5, 5.41) is 9.30. The van der Waals surface area contributed by atoms with Crippen LogP contribution in [0.3, 0.4) is 0 Å². The second-order valence-corrected chi connectivity index (χ2v) is 7.63. The number of rotatable bonds is 5. The predicted octanol–water partition coefficient (Wildman–Crippen LogP) is 0.499. The zero-order valence-corrected chi connectivity index (χ0v) is 12.8. The first kappa shape index (κ1) is 16.1. The van der Waals surface area contributed by atoms with Gasteiger partial charge in [0.2, 0.25) is 10.0 Å².